The maximum atomic E-state index is 12.4. The molecule has 1 aromatic rings. The first-order chi connectivity index (χ1) is 8.50. The summed E-state index contributed by atoms with van der Waals surface area (Å²) in [6, 6.07) is 1.48. The van der Waals surface area contributed by atoms with Crippen molar-refractivity contribution < 1.29 is 8.42 Å². The highest BCUT2D eigenvalue weighted by molar-refractivity contribution is 7.89. The van der Waals surface area contributed by atoms with E-state index < -0.39 is 16.1 Å². The van der Waals surface area contributed by atoms with Gasteiger partial charge in [-0.3, -0.25) is 0 Å². The van der Waals surface area contributed by atoms with E-state index in [2.05, 4.69) is 4.98 Å². The number of sulfonamides is 1. The van der Waals surface area contributed by atoms with Gasteiger partial charge in [0.15, 0.2) is 5.03 Å². The van der Waals surface area contributed by atoms with Crippen LogP contribution >= 0.6 is 0 Å². The Kier molecular flexibility index (Phi) is 3.41. The molecule has 1 aliphatic heterocycles. The molecular formula is C11H16N4O2S. The summed E-state index contributed by atoms with van der Waals surface area (Å²) >= 11 is 0. The van der Waals surface area contributed by atoms with Crippen LogP contribution in [0.4, 0.5) is 0 Å². The smallest absolute Gasteiger partial charge is 0.263 e. The van der Waals surface area contributed by atoms with Crippen molar-refractivity contribution in [2.45, 2.75) is 44.3 Å². The SMILES string of the molecule is CCn1cc(S(=O)(=O)N2CCCC2C#N)nc1C. The summed E-state index contributed by atoms with van der Waals surface area (Å²) in [5.74, 6) is 0.670. The molecule has 6 nitrogen and oxygen atoms in total. The van der Waals surface area contributed by atoms with Crippen molar-refractivity contribution in [3.63, 3.8) is 0 Å². The second-order valence-electron chi connectivity index (χ2n) is 4.32. The molecule has 1 unspecified atom stereocenters. The van der Waals surface area contributed by atoms with Crippen molar-refractivity contribution in [1.82, 2.24) is 13.9 Å². The van der Waals surface area contributed by atoms with Gasteiger partial charge in [-0.05, 0) is 26.7 Å². The Bertz CT molecular complexity index is 585. The molecule has 0 spiro atoms. The number of imidazole rings is 1. The van der Waals surface area contributed by atoms with Gasteiger partial charge in [-0.1, -0.05) is 0 Å². The molecule has 1 fully saturated rings. The molecule has 1 aliphatic rings. The lowest BCUT2D eigenvalue weighted by Gasteiger charge is -2.17. The summed E-state index contributed by atoms with van der Waals surface area (Å²) in [5, 5.41) is 9.02. The first kappa shape index (κ1) is 13.1. The fourth-order valence-electron chi connectivity index (χ4n) is 2.20. The number of hydrogen-bond donors (Lipinski definition) is 0. The van der Waals surface area contributed by atoms with E-state index >= 15 is 0 Å². The van der Waals surface area contributed by atoms with E-state index in [1.807, 2.05) is 13.0 Å². The first-order valence-corrected chi connectivity index (χ1v) is 7.40. The Morgan fingerprint density at radius 1 is 1.61 bits per heavy atom. The molecule has 18 heavy (non-hydrogen) atoms. The van der Waals surface area contributed by atoms with Gasteiger partial charge in [0.1, 0.15) is 11.9 Å². The molecule has 0 radical (unpaired) electrons. The fourth-order valence-corrected chi connectivity index (χ4v) is 3.81. The Morgan fingerprint density at radius 3 is 2.89 bits per heavy atom. The maximum Gasteiger partial charge on any atom is 0.263 e. The maximum absolute atomic E-state index is 12.4. The Labute approximate surface area is 107 Å². The summed E-state index contributed by atoms with van der Waals surface area (Å²) in [5.41, 5.74) is 0. The molecule has 2 heterocycles. The summed E-state index contributed by atoms with van der Waals surface area (Å²) in [6.07, 6.45) is 2.87. The minimum atomic E-state index is -3.63. The van der Waals surface area contributed by atoms with Crippen molar-refractivity contribution in [1.29, 1.82) is 5.26 Å². The molecular weight excluding hydrogens is 252 g/mol. The van der Waals surface area contributed by atoms with Crippen LogP contribution in [0, 0.1) is 18.3 Å². The first-order valence-electron chi connectivity index (χ1n) is 5.96. The molecule has 1 saturated heterocycles. The molecule has 0 aromatic carbocycles. The van der Waals surface area contributed by atoms with Crippen LogP contribution < -0.4 is 0 Å². The van der Waals surface area contributed by atoms with Gasteiger partial charge in [-0.2, -0.15) is 9.57 Å². The lowest BCUT2D eigenvalue weighted by molar-refractivity contribution is 0.435. The zero-order chi connectivity index (χ0) is 13.3. The fraction of sp³-hybridized carbons (Fsp3) is 0.636. The van der Waals surface area contributed by atoms with Crippen LogP contribution in [0.1, 0.15) is 25.6 Å². The molecule has 0 saturated carbocycles. The summed E-state index contributed by atoms with van der Waals surface area (Å²) < 4.78 is 27.8. The molecule has 1 atom stereocenters. The number of rotatable bonds is 3. The zero-order valence-corrected chi connectivity index (χ0v) is 11.3. The quantitative estimate of drug-likeness (QED) is 0.815. The summed E-state index contributed by atoms with van der Waals surface area (Å²) in [6.45, 7) is 4.78. The molecule has 0 bridgehead atoms. The second-order valence-corrected chi connectivity index (χ2v) is 6.15. The van der Waals surface area contributed by atoms with E-state index in [-0.39, 0.29) is 5.03 Å². The highest BCUT2D eigenvalue weighted by Gasteiger charge is 2.36. The van der Waals surface area contributed by atoms with Gasteiger partial charge in [0.05, 0.1) is 6.07 Å². The van der Waals surface area contributed by atoms with E-state index in [1.54, 1.807) is 11.5 Å². The van der Waals surface area contributed by atoms with E-state index in [1.165, 1.54) is 10.5 Å². The third-order valence-electron chi connectivity index (χ3n) is 3.22. The van der Waals surface area contributed by atoms with Gasteiger partial charge >= 0.3 is 0 Å². The monoisotopic (exact) mass is 268 g/mol. The molecule has 0 amide bonds. The minimum Gasteiger partial charge on any atom is -0.334 e. The zero-order valence-electron chi connectivity index (χ0n) is 10.5. The molecule has 1 aromatic heterocycles. The Morgan fingerprint density at radius 2 is 2.33 bits per heavy atom. The number of nitriles is 1. The Hall–Kier alpha value is -1.39. The molecule has 0 N–H and O–H groups in total. The van der Waals surface area contributed by atoms with Gasteiger partial charge < -0.3 is 4.57 Å². The lowest BCUT2D eigenvalue weighted by atomic mass is 10.2. The van der Waals surface area contributed by atoms with Crippen molar-refractivity contribution >= 4 is 10.0 Å². The third kappa shape index (κ3) is 2.02. The number of aromatic nitrogens is 2. The predicted molar refractivity (Wildman–Crippen MR) is 65.2 cm³/mol. The normalized spacial score (nSPS) is 21.1. The van der Waals surface area contributed by atoms with E-state index in [0.29, 0.717) is 25.3 Å². The van der Waals surface area contributed by atoms with E-state index in [4.69, 9.17) is 5.26 Å². The molecule has 98 valence electrons. The van der Waals surface area contributed by atoms with Crippen LogP contribution in [0.25, 0.3) is 0 Å². The topological polar surface area (TPSA) is 79.0 Å². The van der Waals surface area contributed by atoms with Crippen molar-refractivity contribution in [2.24, 2.45) is 0 Å². The van der Waals surface area contributed by atoms with Crippen LogP contribution in [-0.4, -0.2) is 34.9 Å². The van der Waals surface area contributed by atoms with Crippen LogP contribution in [0.3, 0.4) is 0 Å². The minimum absolute atomic E-state index is 0.0454. The number of hydrogen-bond acceptors (Lipinski definition) is 4. The molecule has 0 aliphatic carbocycles. The highest BCUT2D eigenvalue weighted by Crippen LogP contribution is 2.25. The average Bonchev–Trinajstić information content (AvgIpc) is 2.94. The lowest BCUT2D eigenvalue weighted by Crippen LogP contribution is -2.34. The van der Waals surface area contributed by atoms with Crippen LogP contribution in [0.15, 0.2) is 11.2 Å². The third-order valence-corrected chi connectivity index (χ3v) is 5.00. The second kappa shape index (κ2) is 4.71. The van der Waals surface area contributed by atoms with E-state index in [9.17, 15) is 8.42 Å². The van der Waals surface area contributed by atoms with E-state index in [0.717, 1.165) is 6.42 Å². The van der Waals surface area contributed by atoms with Crippen molar-refractivity contribution in [3.8, 4) is 6.07 Å². The summed E-state index contributed by atoms with van der Waals surface area (Å²) in [7, 11) is -3.63. The van der Waals surface area contributed by atoms with Gasteiger partial charge in [-0.25, -0.2) is 13.4 Å². The highest BCUT2D eigenvalue weighted by atomic mass is 32.2. The number of nitrogens with zero attached hydrogens (tertiary/aromatic N) is 4. The number of aryl methyl sites for hydroxylation is 2. The van der Waals surface area contributed by atoms with Gasteiger partial charge in [-0.15, -0.1) is 0 Å². The standard InChI is InChI=1S/C11H16N4O2S/c1-3-14-8-11(13-9(14)2)18(16,17)15-6-4-5-10(15)7-12/h8,10H,3-6H2,1-2H3. The molecule has 7 heteroatoms. The van der Waals surface area contributed by atoms with Crippen LogP contribution in [0.2, 0.25) is 0 Å². The van der Waals surface area contributed by atoms with Crippen molar-refractivity contribution in [2.75, 3.05) is 6.54 Å². The Balaban J connectivity index is 2.39. The largest absolute Gasteiger partial charge is 0.334 e. The van der Waals surface area contributed by atoms with Gasteiger partial charge in [0, 0.05) is 19.3 Å². The van der Waals surface area contributed by atoms with Crippen LogP contribution in [0.5, 0.6) is 0 Å². The van der Waals surface area contributed by atoms with Gasteiger partial charge in [0.2, 0.25) is 0 Å². The van der Waals surface area contributed by atoms with Crippen molar-refractivity contribution in [3.05, 3.63) is 12.0 Å². The van der Waals surface area contributed by atoms with Crippen LogP contribution in [-0.2, 0) is 16.6 Å². The molecule has 2 rings (SSSR count). The predicted octanol–water partition coefficient (Wildman–Crippen LogP) is 0.888. The summed E-state index contributed by atoms with van der Waals surface area (Å²) in [4.78, 5) is 4.09. The van der Waals surface area contributed by atoms with Gasteiger partial charge in [0.25, 0.3) is 10.0 Å². The average molecular weight is 268 g/mol.